The van der Waals surface area contributed by atoms with Gasteiger partial charge in [-0.3, -0.25) is 0 Å². The molecular weight excluding hydrogens is 273 g/mol. The Labute approximate surface area is 114 Å². The Morgan fingerprint density at radius 1 is 1.33 bits per heavy atom. The summed E-state index contributed by atoms with van der Waals surface area (Å²) in [4.78, 5) is 4.30. The molecule has 6 heteroatoms. The second-order valence-corrected chi connectivity index (χ2v) is 5.29. The van der Waals surface area contributed by atoms with Crippen LogP contribution in [0.15, 0.2) is 22.7 Å². The molecule has 2 aromatic rings. The van der Waals surface area contributed by atoms with Crippen LogP contribution in [0.3, 0.4) is 0 Å². The number of benzene rings is 1. The van der Waals surface area contributed by atoms with Crippen molar-refractivity contribution in [3.63, 3.8) is 0 Å². The monoisotopic (exact) mass is 283 g/mol. The second-order valence-electron chi connectivity index (χ2n) is 4.45. The molecule has 94 valence electrons. The first-order valence-corrected chi connectivity index (χ1v) is 6.45. The van der Waals surface area contributed by atoms with Crippen molar-refractivity contribution < 1.29 is 4.52 Å². The lowest BCUT2D eigenvalue weighted by Crippen LogP contribution is -2.13. The van der Waals surface area contributed by atoms with Crippen LogP contribution < -0.4 is 5.73 Å². The Bertz CT molecular complexity index is 580. The normalized spacial score (nSPS) is 16.8. The number of rotatable bonds is 3. The Morgan fingerprint density at radius 3 is 2.78 bits per heavy atom. The molecule has 1 fully saturated rings. The highest BCUT2D eigenvalue weighted by Crippen LogP contribution is 2.39. The van der Waals surface area contributed by atoms with Gasteiger partial charge in [-0.2, -0.15) is 4.98 Å². The van der Waals surface area contributed by atoms with Gasteiger partial charge in [0.05, 0.1) is 16.6 Å². The van der Waals surface area contributed by atoms with Gasteiger partial charge in [0.2, 0.25) is 0 Å². The van der Waals surface area contributed by atoms with Gasteiger partial charge in [0.25, 0.3) is 5.89 Å². The van der Waals surface area contributed by atoms with Gasteiger partial charge >= 0.3 is 0 Å². The highest BCUT2D eigenvalue weighted by molar-refractivity contribution is 6.36. The lowest BCUT2D eigenvalue weighted by molar-refractivity contribution is 0.411. The smallest absolute Gasteiger partial charge is 0.259 e. The van der Waals surface area contributed by atoms with Crippen molar-refractivity contribution in [3.8, 4) is 11.5 Å². The van der Waals surface area contributed by atoms with E-state index in [2.05, 4.69) is 10.1 Å². The van der Waals surface area contributed by atoms with Crippen LogP contribution in [0.4, 0.5) is 0 Å². The molecule has 0 bridgehead atoms. The molecule has 0 saturated heterocycles. The number of halogens is 2. The Balaban J connectivity index is 1.92. The molecule has 1 saturated carbocycles. The molecule has 0 aliphatic heterocycles. The van der Waals surface area contributed by atoms with Gasteiger partial charge in [-0.1, -0.05) is 28.4 Å². The van der Waals surface area contributed by atoms with E-state index >= 15 is 0 Å². The molecule has 1 unspecified atom stereocenters. The van der Waals surface area contributed by atoms with E-state index in [-0.39, 0.29) is 6.04 Å². The number of hydrogen-bond donors (Lipinski definition) is 1. The standard InChI is InChI=1S/C12H11Cl2N3O/c13-7-3-4-8(9(14)5-7)12-16-11(17-18-12)10(15)6-1-2-6/h3-6,10H,1-2,15H2. The maximum atomic E-state index is 6.08. The van der Waals surface area contributed by atoms with E-state index in [4.69, 9.17) is 33.5 Å². The van der Waals surface area contributed by atoms with E-state index in [1.807, 2.05) is 0 Å². The maximum absolute atomic E-state index is 6.08. The third kappa shape index (κ3) is 2.23. The predicted molar refractivity (Wildman–Crippen MR) is 69.4 cm³/mol. The fraction of sp³-hybridized carbons (Fsp3) is 0.333. The van der Waals surface area contributed by atoms with E-state index in [9.17, 15) is 0 Å². The summed E-state index contributed by atoms with van der Waals surface area (Å²) in [5.41, 5.74) is 6.68. The molecule has 2 N–H and O–H groups in total. The summed E-state index contributed by atoms with van der Waals surface area (Å²) in [7, 11) is 0. The average Bonchev–Trinajstić information content (AvgIpc) is 3.07. The van der Waals surface area contributed by atoms with Crippen molar-refractivity contribution in [2.24, 2.45) is 11.7 Å². The van der Waals surface area contributed by atoms with Crippen molar-refractivity contribution in [3.05, 3.63) is 34.1 Å². The van der Waals surface area contributed by atoms with Crippen LogP contribution in [0.5, 0.6) is 0 Å². The lowest BCUT2D eigenvalue weighted by Gasteiger charge is -2.02. The zero-order valence-corrected chi connectivity index (χ0v) is 10.9. The van der Waals surface area contributed by atoms with Gasteiger partial charge in [-0.25, -0.2) is 0 Å². The minimum atomic E-state index is -0.145. The number of hydrogen-bond acceptors (Lipinski definition) is 4. The number of nitrogens with zero attached hydrogens (tertiary/aromatic N) is 2. The summed E-state index contributed by atoms with van der Waals surface area (Å²) in [5, 5.41) is 4.97. The fourth-order valence-electron chi connectivity index (χ4n) is 1.81. The molecule has 1 aliphatic carbocycles. The zero-order chi connectivity index (χ0) is 12.7. The van der Waals surface area contributed by atoms with Gasteiger partial charge in [0, 0.05) is 5.02 Å². The Kier molecular flexibility index (Phi) is 3.01. The topological polar surface area (TPSA) is 64.9 Å². The molecule has 1 heterocycles. The van der Waals surface area contributed by atoms with Gasteiger partial charge < -0.3 is 10.3 Å². The van der Waals surface area contributed by atoms with Crippen molar-refractivity contribution in [2.45, 2.75) is 18.9 Å². The summed E-state index contributed by atoms with van der Waals surface area (Å²) in [6.45, 7) is 0. The molecule has 1 aromatic carbocycles. The second kappa shape index (κ2) is 4.53. The highest BCUT2D eigenvalue weighted by Gasteiger charge is 2.32. The molecule has 0 amide bonds. The van der Waals surface area contributed by atoms with Gasteiger partial charge in [-0.05, 0) is 37.0 Å². The van der Waals surface area contributed by atoms with E-state index in [1.165, 1.54) is 0 Å². The predicted octanol–water partition coefficient (Wildman–Crippen LogP) is 3.45. The molecule has 0 radical (unpaired) electrons. The maximum Gasteiger partial charge on any atom is 0.259 e. The molecule has 18 heavy (non-hydrogen) atoms. The van der Waals surface area contributed by atoms with E-state index in [1.54, 1.807) is 18.2 Å². The van der Waals surface area contributed by atoms with Crippen molar-refractivity contribution in [2.75, 3.05) is 0 Å². The Hall–Kier alpha value is -1.10. The summed E-state index contributed by atoms with van der Waals surface area (Å²) >= 11 is 11.9. The van der Waals surface area contributed by atoms with Crippen molar-refractivity contribution in [1.29, 1.82) is 0 Å². The largest absolute Gasteiger partial charge is 0.334 e. The van der Waals surface area contributed by atoms with Crippen LogP contribution in [0, 0.1) is 5.92 Å². The van der Waals surface area contributed by atoms with Crippen LogP contribution >= 0.6 is 23.2 Å². The summed E-state index contributed by atoms with van der Waals surface area (Å²) in [6.07, 6.45) is 2.26. The quantitative estimate of drug-likeness (QED) is 0.937. The van der Waals surface area contributed by atoms with Gasteiger partial charge in [-0.15, -0.1) is 0 Å². The minimum absolute atomic E-state index is 0.145. The lowest BCUT2D eigenvalue weighted by atomic mass is 10.2. The molecule has 1 atom stereocenters. The van der Waals surface area contributed by atoms with E-state index in [0.717, 1.165) is 12.8 Å². The molecular formula is C12H11Cl2N3O. The van der Waals surface area contributed by atoms with Crippen LogP contribution in [0.25, 0.3) is 11.5 Å². The van der Waals surface area contributed by atoms with Crippen LogP contribution in [0.2, 0.25) is 10.0 Å². The zero-order valence-electron chi connectivity index (χ0n) is 9.44. The SMILES string of the molecule is NC(c1noc(-c2ccc(Cl)cc2Cl)n1)C1CC1. The molecule has 1 aliphatic rings. The fourth-order valence-corrected chi connectivity index (χ4v) is 2.30. The summed E-state index contributed by atoms with van der Waals surface area (Å²) < 4.78 is 5.20. The molecule has 0 spiro atoms. The van der Waals surface area contributed by atoms with Crippen LogP contribution in [0.1, 0.15) is 24.7 Å². The van der Waals surface area contributed by atoms with Crippen LogP contribution in [-0.4, -0.2) is 10.1 Å². The van der Waals surface area contributed by atoms with Crippen molar-refractivity contribution in [1.82, 2.24) is 10.1 Å². The molecule has 4 nitrogen and oxygen atoms in total. The van der Waals surface area contributed by atoms with E-state index < -0.39 is 0 Å². The summed E-state index contributed by atoms with van der Waals surface area (Å²) in [5.74, 6) is 1.40. The first kappa shape index (κ1) is 12.0. The average molecular weight is 284 g/mol. The first-order chi connectivity index (χ1) is 8.65. The molecule has 1 aromatic heterocycles. The third-order valence-corrected chi connectivity index (χ3v) is 3.58. The highest BCUT2D eigenvalue weighted by atomic mass is 35.5. The third-order valence-electron chi connectivity index (χ3n) is 3.03. The van der Waals surface area contributed by atoms with Crippen molar-refractivity contribution >= 4 is 23.2 Å². The summed E-state index contributed by atoms with van der Waals surface area (Å²) in [6, 6.07) is 4.98. The molecule has 3 rings (SSSR count). The Morgan fingerprint density at radius 2 is 2.11 bits per heavy atom. The van der Waals surface area contributed by atoms with E-state index in [0.29, 0.717) is 33.2 Å². The van der Waals surface area contributed by atoms with Gasteiger partial charge in [0.15, 0.2) is 5.82 Å². The minimum Gasteiger partial charge on any atom is -0.334 e. The first-order valence-electron chi connectivity index (χ1n) is 5.70. The number of aromatic nitrogens is 2. The number of nitrogens with two attached hydrogens (primary N) is 1. The van der Waals surface area contributed by atoms with Gasteiger partial charge in [0.1, 0.15) is 0 Å². The van der Waals surface area contributed by atoms with Crippen LogP contribution in [-0.2, 0) is 0 Å².